The van der Waals surface area contributed by atoms with Crippen LogP contribution in [0.1, 0.15) is 5.76 Å². The fourth-order valence-corrected chi connectivity index (χ4v) is 1.86. The standard InChI is InChI=1S/C14H14BrNO/c1-2-9-16-10-13-7-8-14(17-13)11-3-5-12(15)6-4-11/h2-8,16H,1,9-10H2/p+1. The Labute approximate surface area is 109 Å². The first kappa shape index (κ1) is 12.1. The van der Waals surface area contributed by atoms with Gasteiger partial charge >= 0.3 is 0 Å². The lowest BCUT2D eigenvalue weighted by Gasteiger charge is -1.97. The number of rotatable bonds is 5. The first-order valence-corrected chi connectivity index (χ1v) is 6.36. The molecule has 0 saturated heterocycles. The average molecular weight is 293 g/mol. The molecule has 2 N–H and O–H groups in total. The number of benzene rings is 1. The summed E-state index contributed by atoms with van der Waals surface area (Å²) in [6.45, 7) is 5.45. The Balaban J connectivity index is 2.07. The second-order valence-electron chi connectivity index (χ2n) is 3.79. The van der Waals surface area contributed by atoms with Gasteiger partial charge < -0.3 is 9.73 Å². The second-order valence-corrected chi connectivity index (χ2v) is 4.71. The minimum Gasteiger partial charge on any atom is -0.455 e. The van der Waals surface area contributed by atoms with Crippen molar-refractivity contribution in [1.29, 1.82) is 0 Å². The summed E-state index contributed by atoms with van der Waals surface area (Å²) in [5.41, 5.74) is 1.10. The van der Waals surface area contributed by atoms with E-state index in [9.17, 15) is 0 Å². The summed E-state index contributed by atoms with van der Waals surface area (Å²) in [6, 6.07) is 12.2. The van der Waals surface area contributed by atoms with E-state index in [4.69, 9.17) is 4.42 Å². The Kier molecular flexibility index (Phi) is 4.18. The third-order valence-electron chi connectivity index (χ3n) is 2.47. The molecule has 0 saturated carbocycles. The number of hydrogen-bond acceptors (Lipinski definition) is 1. The van der Waals surface area contributed by atoms with Crippen LogP contribution in [0.3, 0.4) is 0 Å². The first-order chi connectivity index (χ1) is 8.29. The van der Waals surface area contributed by atoms with Crippen LogP contribution in [0, 0.1) is 0 Å². The minimum atomic E-state index is 0.850. The van der Waals surface area contributed by atoms with Crippen LogP contribution in [-0.2, 0) is 6.54 Å². The Morgan fingerprint density at radius 2 is 1.94 bits per heavy atom. The van der Waals surface area contributed by atoms with E-state index in [1.54, 1.807) is 0 Å². The number of hydrogen-bond donors (Lipinski definition) is 1. The van der Waals surface area contributed by atoms with Crippen molar-refractivity contribution < 1.29 is 9.73 Å². The summed E-state index contributed by atoms with van der Waals surface area (Å²) in [6.07, 6.45) is 1.89. The molecule has 88 valence electrons. The molecule has 0 spiro atoms. The van der Waals surface area contributed by atoms with Gasteiger partial charge in [-0.15, -0.1) is 0 Å². The molecule has 0 unspecified atom stereocenters. The summed E-state index contributed by atoms with van der Waals surface area (Å²) in [7, 11) is 0. The van der Waals surface area contributed by atoms with Crippen LogP contribution in [0.5, 0.6) is 0 Å². The van der Waals surface area contributed by atoms with E-state index in [-0.39, 0.29) is 0 Å². The second kappa shape index (κ2) is 5.84. The predicted molar refractivity (Wildman–Crippen MR) is 72.5 cm³/mol. The average Bonchev–Trinajstić information content (AvgIpc) is 2.79. The molecule has 2 nitrogen and oxygen atoms in total. The lowest BCUT2D eigenvalue weighted by molar-refractivity contribution is -0.663. The zero-order valence-electron chi connectivity index (χ0n) is 9.53. The van der Waals surface area contributed by atoms with Gasteiger partial charge in [-0.1, -0.05) is 34.6 Å². The Hall–Kier alpha value is -1.32. The maximum Gasteiger partial charge on any atom is 0.158 e. The van der Waals surface area contributed by atoms with Crippen LogP contribution in [-0.4, -0.2) is 6.54 Å². The summed E-state index contributed by atoms with van der Waals surface area (Å²) in [5, 5.41) is 2.15. The molecule has 1 heterocycles. The van der Waals surface area contributed by atoms with Gasteiger partial charge in [0.05, 0.1) is 6.54 Å². The highest BCUT2D eigenvalue weighted by Gasteiger charge is 2.05. The van der Waals surface area contributed by atoms with Crippen molar-refractivity contribution in [2.24, 2.45) is 0 Å². The van der Waals surface area contributed by atoms with Gasteiger partial charge in [0.15, 0.2) is 5.76 Å². The highest BCUT2D eigenvalue weighted by molar-refractivity contribution is 9.10. The van der Waals surface area contributed by atoms with Crippen LogP contribution < -0.4 is 5.32 Å². The van der Waals surface area contributed by atoms with Gasteiger partial charge in [-0.3, -0.25) is 0 Å². The van der Waals surface area contributed by atoms with E-state index in [1.807, 2.05) is 42.5 Å². The lowest BCUT2D eigenvalue weighted by atomic mass is 10.2. The number of halogens is 1. The van der Waals surface area contributed by atoms with Crippen molar-refractivity contribution in [3.05, 3.63) is 59.3 Å². The zero-order chi connectivity index (χ0) is 12.1. The largest absolute Gasteiger partial charge is 0.455 e. The maximum absolute atomic E-state index is 5.78. The molecule has 0 fully saturated rings. The fourth-order valence-electron chi connectivity index (χ4n) is 1.60. The molecule has 1 aromatic heterocycles. The van der Waals surface area contributed by atoms with Gasteiger partial charge in [-0.2, -0.15) is 0 Å². The first-order valence-electron chi connectivity index (χ1n) is 5.57. The number of furan rings is 1. The van der Waals surface area contributed by atoms with Crippen molar-refractivity contribution in [3.8, 4) is 11.3 Å². The molecule has 2 aromatic rings. The predicted octanol–water partition coefficient (Wildman–Crippen LogP) is 2.96. The molecule has 0 radical (unpaired) electrons. The Morgan fingerprint density at radius 3 is 2.65 bits per heavy atom. The van der Waals surface area contributed by atoms with Gasteiger partial charge in [0.25, 0.3) is 0 Å². The quantitative estimate of drug-likeness (QED) is 0.666. The topological polar surface area (TPSA) is 29.8 Å². The van der Waals surface area contributed by atoms with Crippen molar-refractivity contribution in [2.75, 3.05) is 6.54 Å². The minimum absolute atomic E-state index is 0.850. The molecule has 3 heteroatoms. The molecule has 17 heavy (non-hydrogen) atoms. The molecule has 0 aliphatic heterocycles. The molecule has 0 aliphatic carbocycles. The lowest BCUT2D eigenvalue weighted by Crippen LogP contribution is -2.82. The highest BCUT2D eigenvalue weighted by Crippen LogP contribution is 2.23. The van der Waals surface area contributed by atoms with Crippen molar-refractivity contribution >= 4 is 15.9 Å². The molecule has 2 rings (SSSR count). The normalized spacial score (nSPS) is 10.4. The summed E-state index contributed by atoms with van der Waals surface area (Å²) < 4.78 is 6.85. The molecule has 0 bridgehead atoms. The van der Waals surface area contributed by atoms with Gasteiger partial charge in [0.2, 0.25) is 0 Å². The summed E-state index contributed by atoms with van der Waals surface area (Å²) in [4.78, 5) is 0. The number of nitrogens with two attached hydrogens (primary N) is 1. The molecule has 0 atom stereocenters. The van der Waals surface area contributed by atoms with Crippen LogP contribution in [0.4, 0.5) is 0 Å². The molecule has 0 amide bonds. The van der Waals surface area contributed by atoms with Gasteiger partial charge in [-0.25, -0.2) is 0 Å². The Bertz CT molecular complexity index is 487. The smallest absolute Gasteiger partial charge is 0.158 e. The van der Waals surface area contributed by atoms with E-state index in [2.05, 4.69) is 27.8 Å². The maximum atomic E-state index is 5.78. The summed E-state index contributed by atoms with van der Waals surface area (Å²) in [5.74, 6) is 1.91. The van der Waals surface area contributed by atoms with Crippen LogP contribution in [0.2, 0.25) is 0 Å². The fraction of sp³-hybridized carbons (Fsp3) is 0.143. The van der Waals surface area contributed by atoms with E-state index in [0.29, 0.717) is 0 Å². The highest BCUT2D eigenvalue weighted by atomic mass is 79.9. The van der Waals surface area contributed by atoms with Crippen molar-refractivity contribution in [2.45, 2.75) is 6.54 Å². The van der Waals surface area contributed by atoms with Crippen molar-refractivity contribution in [1.82, 2.24) is 0 Å². The SMILES string of the molecule is C=CC[NH2+]Cc1ccc(-c2ccc(Br)cc2)o1. The third-order valence-corrected chi connectivity index (χ3v) is 3.00. The van der Waals surface area contributed by atoms with Gasteiger partial charge in [0.1, 0.15) is 12.3 Å². The monoisotopic (exact) mass is 292 g/mol. The van der Waals surface area contributed by atoms with E-state index in [0.717, 1.165) is 34.6 Å². The van der Waals surface area contributed by atoms with E-state index in [1.165, 1.54) is 0 Å². The number of quaternary nitrogens is 1. The van der Waals surface area contributed by atoms with Crippen LogP contribution in [0.15, 0.2) is 57.9 Å². The molecular formula is C14H15BrNO+. The zero-order valence-corrected chi connectivity index (χ0v) is 11.1. The van der Waals surface area contributed by atoms with Gasteiger partial charge in [-0.05, 0) is 30.3 Å². The molecular weight excluding hydrogens is 278 g/mol. The van der Waals surface area contributed by atoms with E-state index < -0.39 is 0 Å². The Morgan fingerprint density at radius 1 is 1.18 bits per heavy atom. The van der Waals surface area contributed by atoms with E-state index >= 15 is 0 Å². The molecule has 1 aromatic carbocycles. The summed E-state index contributed by atoms with van der Waals surface area (Å²) >= 11 is 3.42. The van der Waals surface area contributed by atoms with Crippen LogP contribution >= 0.6 is 15.9 Å². The van der Waals surface area contributed by atoms with Gasteiger partial charge in [0, 0.05) is 10.0 Å². The van der Waals surface area contributed by atoms with Crippen molar-refractivity contribution in [3.63, 3.8) is 0 Å². The molecule has 0 aliphatic rings. The van der Waals surface area contributed by atoms with Crippen LogP contribution in [0.25, 0.3) is 11.3 Å². The third kappa shape index (κ3) is 3.32.